The molecular weight excluding hydrogens is 96.0 g/mol. The summed E-state index contributed by atoms with van der Waals surface area (Å²) in [7, 11) is 1.47. The summed E-state index contributed by atoms with van der Waals surface area (Å²) in [5.74, 6) is 0. The summed E-state index contributed by atoms with van der Waals surface area (Å²) >= 11 is 0. The van der Waals surface area contributed by atoms with E-state index in [1.807, 2.05) is 0 Å². The van der Waals surface area contributed by atoms with E-state index in [1.54, 1.807) is 0 Å². The van der Waals surface area contributed by atoms with Crippen molar-refractivity contribution in [2.24, 2.45) is 0 Å². The second-order valence-electron chi connectivity index (χ2n) is 1.03. The highest BCUT2D eigenvalue weighted by atomic mass is 16.7. The van der Waals surface area contributed by atoms with Crippen molar-refractivity contribution in [3.63, 3.8) is 0 Å². The fourth-order valence-corrected chi connectivity index (χ4v) is 0.147. The Bertz CT molecular complexity index is 35.9. The van der Waals surface area contributed by atoms with Crippen LogP contribution in [0.25, 0.3) is 0 Å². The molecular formula is C4H9O3. The molecule has 7 heavy (non-hydrogen) atoms. The topological polar surface area (TPSA) is 38.7 Å². The zero-order valence-corrected chi connectivity index (χ0v) is 4.26. The maximum atomic E-state index is 8.27. The van der Waals surface area contributed by atoms with Crippen LogP contribution in [-0.4, -0.2) is 25.3 Å². The van der Waals surface area contributed by atoms with Gasteiger partial charge in [0.15, 0.2) is 6.29 Å². The lowest BCUT2D eigenvalue weighted by atomic mass is 10.8. The van der Waals surface area contributed by atoms with Gasteiger partial charge in [0.05, 0.1) is 0 Å². The van der Waals surface area contributed by atoms with Crippen molar-refractivity contribution in [3.8, 4) is 0 Å². The average Bonchev–Trinajstić information content (AvgIpc) is 1.61. The van der Waals surface area contributed by atoms with Gasteiger partial charge < -0.3 is 14.6 Å². The fourth-order valence-electron chi connectivity index (χ4n) is 0.147. The third kappa shape index (κ3) is 5.88. The van der Waals surface area contributed by atoms with Gasteiger partial charge in [0.1, 0.15) is 6.79 Å². The summed E-state index contributed by atoms with van der Waals surface area (Å²) in [5.41, 5.74) is 0. The molecule has 0 spiro atoms. The molecule has 1 unspecified atom stereocenters. The monoisotopic (exact) mass is 105 g/mol. The number of hydrogen-bond donors (Lipinski definition) is 1. The van der Waals surface area contributed by atoms with Crippen LogP contribution in [0.1, 0.15) is 0 Å². The van der Waals surface area contributed by atoms with Crippen LogP contribution in [0.3, 0.4) is 0 Å². The summed E-state index contributed by atoms with van der Waals surface area (Å²) in [6.07, 6.45) is -0.972. The van der Waals surface area contributed by atoms with Crippen LogP contribution in [0.5, 0.6) is 0 Å². The highest BCUT2D eigenvalue weighted by Crippen LogP contribution is 1.80. The van der Waals surface area contributed by atoms with Gasteiger partial charge >= 0.3 is 0 Å². The molecule has 3 heteroatoms. The number of rotatable bonds is 3. The molecule has 0 saturated heterocycles. The molecule has 0 aliphatic carbocycles. The third-order valence-corrected chi connectivity index (χ3v) is 0.378. The van der Waals surface area contributed by atoms with E-state index in [4.69, 9.17) is 5.11 Å². The number of ether oxygens (including phenoxy) is 2. The SMILES string of the molecule is [CH2]C(O)OCOC. The normalized spacial score (nSPS) is 14.1. The van der Waals surface area contributed by atoms with Gasteiger partial charge in [0, 0.05) is 14.0 Å². The Balaban J connectivity index is 2.68. The fraction of sp³-hybridized carbons (Fsp3) is 0.750. The Hall–Kier alpha value is -0.120. The molecule has 43 valence electrons. The van der Waals surface area contributed by atoms with Crippen molar-refractivity contribution in [1.82, 2.24) is 0 Å². The first-order valence-electron chi connectivity index (χ1n) is 1.89. The first-order chi connectivity index (χ1) is 3.27. The lowest BCUT2D eigenvalue weighted by molar-refractivity contribution is -0.137. The van der Waals surface area contributed by atoms with Gasteiger partial charge in [-0.05, 0) is 0 Å². The minimum atomic E-state index is -0.972. The zero-order valence-electron chi connectivity index (χ0n) is 4.26. The maximum absolute atomic E-state index is 8.27. The van der Waals surface area contributed by atoms with E-state index >= 15 is 0 Å². The standard InChI is InChI=1S/C4H9O3/c1-4(5)7-3-6-2/h4-5H,1,3H2,2H3. The van der Waals surface area contributed by atoms with Crippen molar-refractivity contribution in [2.45, 2.75) is 6.29 Å². The van der Waals surface area contributed by atoms with E-state index in [0.29, 0.717) is 0 Å². The van der Waals surface area contributed by atoms with Crippen LogP contribution in [0.2, 0.25) is 0 Å². The van der Waals surface area contributed by atoms with Gasteiger partial charge in [-0.25, -0.2) is 0 Å². The molecule has 1 radical (unpaired) electrons. The molecule has 3 nitrogen and oxygen atoms in total. The molecule has 1 N–H and O–H groups in total. The summed E-state index contributed by atoms with van der Waals surface area (Å²) < 4.78 is 8.84. The van der Waals surface area contributed by atoms with Crippen molar-refractivity contribution >= 4 is 0 Å². The van der Waals surface area contributed by atoms with Crippen LogP contribution < -0.4 is 0 Å². The summed E-state index contributed by atoms with van der Waals surface area (Å²) in [5, 5.41) is 8.27. The largest absolute Gasteiger partial charge is 0.368 e. The molecule has 0 bridgehead atoms. The van der Waals surface area contributed by atoms with Crippen molar-refractivity contribution in [2.75, 3.05) is 13.9 Å². The first-order valence-corrected chi connectivity index (χ1v) is 1.89. The predicted molar refractivity (Wildman–Crippen MR) is 24.3 cm³/mol. The van der Waals surface area contributed by atoms with E-state index in [1.165, 1.54) is 7.11 Å². The smallest absolute Gasteiger partial charge is 0.157 e. The van der Waals surface area contributed by atoms with E-state index in [2.05, 4.69) is 16.4 Å². The van der Waals surface area contributed by atoms with Crippen LogP contribution in [0.15, 0.2) is 0 Å². The lowest BCUT2D eigenvalue weighted by Gasteiger charge is -2.02. The highest BCUT2D eigenvalue weighted by Gasteiger charge is 1.89. The van der Waals surface area contributed by atoms with Gasteiger partial charge in [-0.2, -0.15) is 0 Å². The minimum absolute atomic E-state index is 0.0880. The molecule has 0 amide bonds. The summed E-state index contributed by atoms with van der Waals surface area (Å²) in [6.45, 7) is 3.22. The molecule has 0 rings (SSSR count). The molecule has 0 fully saturated rings. The van der Waals surface area contributed by atoms with Gasteiger partial charge in [0.25, 0.3) is 0 Å². The van der Waals surface area contributed by atoms with E-state index in [0.717, 1.165) is 0 Å². The van der Waals surface area contributed by atoms with Gasteiger partial charge in [0.2, 0.25) is 0 Å². The Morgan fingerprint density at radius 2 is 2.43 bits per heavy atom. The number of aliphatic hydroxyl groups excluding tert-OH is 1. The summed E-state index contributed by atoms with van der Waals surface area (Å²) in [6, 6.07) is 0. The summed E-state index contributed by atoms with van der Waals surface area (Å²) in [4.78, 5) is 0. The minimum Gasteiger partial charge on any atom is -0.368 e. The van der Waals surface area contributed by atoms with Crippen LogP contribution in [0.4, 0.5) is 0 Å². The predicted octanol–water partition coefficient (Wildman–Crippen LogP) is -0.241. The quantitative estimate of drug-likeness (QED) is 0.503. The Morgan fingerprint density at radius 3 is 2.57 bits per heavy atom. The van der Waals surface area contributed by atoms with Gasteiger partial charge in [-0.1, -0.05) is 0 Å². The van der Waals surface area contributed by atoms with Crippen molar-refractivity contribution in [3.05, 3.63) is 6.92 Å². The molecule has 0 aromatic carbocycles. The van der Waals surface area contributed by atoms with Crippen LogP contribution in [0, 0.1) is 6.92 Å². The van der Waals surface area contributed by atoms with E-state index < -0.39 is 6.29 Å². The second-order valence-corrected chi connectivity index (χ2v) is 1.03. The number of methoxy groups -OCH3 is 1. The Morgan fingerprint density at radius 1 is 1.86 bits per heavy atom. The van der Waals surface area contributed by atoms with Crippen molar-refractivity contribution in [1.29, 1.82) is 0 Å². The molecule has 0 aliphatic rings. The number of hydrogen-bond acceptors (Lipinski definition) is 3. The van der Waals surface area contributed by atoms with E-state index in [-0.39, 0.29) is 6.79 Å². The van der Waals surface area contributed by atoms with Gasteiger partial charge in [-0.15, -0.1) is 0 Å². The number of aliphatic hydroxyl groups is 1. The molecule has 0 aliphatic heterocycles. The maximum Gasteiger partial charge on any atom is 0.157 e. The second kappa shape index (κ2) is 4.05. The van der Waals surface area contributed by atoms with Crippen LogP contribution in [-0.2, 0) is 9.47 Å². The average molecular weight is 105 g/mol. The first kappa shape index (κ1) is 6.88. The van der Waals surface area contributed by atoms with Gasteiger partial charge in [-0.3, -0.25) is 0 Å². The Labute approximate surface area is 42.9 Å². The highest BCUT2D eigenvalue weighted by molar-refractivity contribution is 4.34. The van der Waals surface area contributed by atoms with E-state index in [9.17, 15) is 0 Å². The lowest BCUT2D eigenvalue weighted by Crippen LogP contribution is -2.08. The third-order valence-electron chi connectivity index (χ3n) is 0.378. The molecule has 0 aromatic rings. The molecule has 0 aromatic heterocycles. The molecule has 1 atom stereocenters. The van der Waals surface area contributed by atoms with Crippen molar-refractivity contribution < 1.29 is 14.6 Å². The zero-order chi connectivity index (χ0) is 5.70. The Kier molecular flexibility index (Phi) is 3.98. The van der Waals surface area contributed by atoms with Crippen LogP contribution >= 0.6 is 0 Å². The molecule has 0 saturated carbocycles. The molecule has 0 heterocycles.